The molecule has 2 rings (SSSR count). The summed E-state index contributed by atoms with van der Waals surface area (Å²) >= 11 is 0. The van der Waals surface area contributed by atoms with Crippen LogP contribution in [0.5, 0.6) is 0 Å². The van der Waals surface area contributed by atoms with Crippen LogP contribution in [0.25, 0.3) is 0 Å². The molecule has 2 nitrogen and oxygen atoms in total. The molecule has 1 N–H and O–H groups in total. The van der Waals surface area contributed by atoms with Gasteiger partial charge in [0, 0.05) is 32.7 Å². The van der Waals surface area contributed by atoms with E-state index in [1.807, 2.05) is 13.8 Å². The van der Waals surface area contributed by atoms with E-state index in [1.165, 1.54) is 0 Å². The van der Waals surface area contributed by atoms with Gasteiger partial charge in [0.05, 0.1) is 0 Å². The summed E-state index contributed by atoms with van der Waals surface area (Å²) in [4.78, 5) is 2.37. The molecule has 0 radical (unpaired) electrons. The van der Waals surface area contributed by atoms with Gasteiger partial charge in [-0.15, -0.1) is 0 Å². The van der Waals surface area contributed by atoms with Crippen molar-refractivity contribution in [1.82, 2.24) is 10.2 Å². The monoisotopic (exact) mass is 222 g/mol. The van der Waals surface area contributed by atoms with E-state index in [-0.39, 0.29) is 5.82 Å². The van der Waals surface area contributed by atoms with Crippen LogP contribution in [-0.4, -0.2) is 31.1 Å². The molecule has 0 unspecified atom stereocenters. The van der Waals surface area contributed by atoms with Crippen LogP contribution in [-0.2, 0) is 6.54 Å². The Morgan fingerprint density at radius 3 is 2.62 bits per heavy atom. The van der Waals surface area contributed by atoms with Crippen molar-refractivity contribution >= 4 is 0 Å². The first kappa shape index (κ1) is 11.6. The predicted molar refractivity (Wildman–Crippen MR) is 64.0 cm³/mol. The molecule has 0 bridgehead atoms. The Morgan fingerprint density at radius 1 is 1.25 bits per heavy atom. The van der Waals surface area contributed by atoms with Crippen LogP contribution in [0.1, 0.15) is 16.7 Å². The van der Waals surface area contributed by atoms with Gasteiger partial charge in [0.25, 0.3) is 0 Å². The van der Waals surface area contributed by atoms with Gasteiger partial charge in [0.1, 0.15) is 5.82 Å². The molecule has 1 aliphatic heterocycles. The number of nitrogens with zero attached hydrogens (tertiary/aromatic N) is 1. The van der Waals surface area contributed by atoms with Gasteiger partial charge in [0.2, 0.25) is 0 Å². The molecule has 0 spiro atoms. The third-order valence-corrected chi connectivity index (χ3v) is 3.20. The third-order valence-electron chi connectivity index (χ3n) is 3.20. The Hall–Kier alpha value is -0.930. The normalized spacial score (nSPS) is 17.7. The molecule has 0 amide bonds. The van der Waals surface area contributed by atoms with Crippen molar-refractivity contribution in [3.8, 4) is 0 Å². The molecular formula is C13H19FN2. The minimum atomic E-state index is -0.0786. The van der Waals surface area contributed by atoms with Crippen LogP contribution in [0.15, 0.2) is 12.1 Å². The average Bonchev–Trinajstić information content (AvgIpc) is 2.27. The smallest absolute Gasteiger partial charge is 0.126 e. The highest BCUT2D eigenvalue weighted by Gasteiger charge is 2.12. The van der Waals surface area contributed by atoms with Gasteiger partial charge in [-0.3, -0.25) is 4.90 Å². The molecule has 1 aliphatic rings. The molecule has 1 fully saturated rings. The summed E-state index contributed by atoms with van der Waals surface area (Å²) in [6.07, 6.45) is 0. The number of hydrogen-bond acceptors (Lipinski definition) is 2. The van der Waals surface area contributed by atoms with Crippen LogP contribution < -0.4 is 5.32 Å². The first-order valence-electron chi connectivity index (χ1n) is 5.85. The molecular weight excluding hydrogens is 203 g/mol. The molecule has 0 aromatic heterocycles. The molecule has 0 saturated carbocycles. The largest absolute Gasteiger partial charge is 0.314 e. The zero-order valence-corrected chi connectivity index (χ0v) is 10.0. The Balaban J connectivity index is 2.13. The molecule has 3 heteroatoms. The fourth-order valence-corrected chi connectivity index (χ4v) is 2.16. The van der Waals surface area contributed by atoms with Crippen LogP contribution in [0.4, 0.5) is 4.39 Å². The van der Waals surface area contributed by atoms with E-state index in [0.717, 1.165) is 49.4 Å². The van der Waals surface area contributed by atoms with Crippen molar-refractivity contribution in [1.29, 1.82) is 0 Å². The van der Waals surface area contributed by atoms with Gasteiger partial charge in [0.15, 0.2) is 0 Å². The Labute approximate surface area is 96.5 Å². The van der Waals surface area contributed by atoms with E-state index < -0.39 is 0 Å². The highest BCUT2D eigenvalue weighted by molar-refractivity contribution is 5.31. The third kappa shape index (κ3) is 2.60. The molecule has 1 aromatic carbocycles. The Kier molecular flexibility index (Phi) is 3.56. The van der Waals surface area contributed by atoms with Crippen LogP contribution in [0.2, 0.25) is 0 Å². The lowest BCUT2D eigenvalue weighted by Gasteiger charge is -2.27. The van der Waals surface area contributed by atoms with Crippen molar-refractivity contribution in [2.75, 3.05) is 26.2 Å². The first-order chi connectivity index (χ1) is 7.66. The average molecular weight is 222 g/mol. The molecule has 16 heavy (non-hydrogen) atoms. The maximum Gasteiger partial charge on any atom is 0.126 e. The quantitative estimate of drug-likeness (QED) is 0.821. The number of benzene rings is 1. The standard InChI is InChI=1S/C13H19FN2/c1-10-7-12(11(2)13(14)8-10)9-16-5-3-15-4-6-16/h7-8,15H,3-6,9H2,1-2H3. The van der Waals surface area contributed by atoms with Crippen LogP contribution in [0.3, 0.4) is 0 Å². The number of hydrogen-bond donors (Lipinski definition) is 1. The minimum absolute atomic E-state index is 0.0786. The minimum Gasteiger partial charge on any atom is -0.314 e. The van der Waals surface area contributed by atoms with E-state index in [4.69, 9.17) is 0 Å². The number of halogens is 1. The predicted octanol–water partition coefficient (Wildman–Crippen LogP) is 1.85. The Bertz CT molecular complexity index is 370. The fourth-order valence-electron chi connectivity index (χ4n) is 2.16. The van der Waals surface area contributed by atoms with E-state index in [1.54, 1.807) is 6.07 Å². The van der Waals surface area contributed by atoms with Crippen LogP contribution >= 0.6 is 0 Å². The van der Waals surface area contributed by atoms with E-state index in [9.17, 15) is 4.39 Å². The maximum absolute atomic E-state index is 13.6. The molecule has 0 atom stereocenters. The first-order valence-corrected chi connectivity index (χ1v) is 5.85. The van der Waals surface area contributed by atoms with Crippen molar-refractivity contribution in [3.63, 3.8) is 0 Å². The lowest BCUT2D eigenvalue weighted by atomic mass is 10.0. The van der Waals surface area contributed by atoms with Crippen molar-refractivity contribution in [2.24, 2.45) is 0 Å². The summed E-state index contributed by atoms with van der Waals surface area (Å²) in [6, 6.07) is 3.71. The van der Waals surface area contributed by atoms with Crippen LogP contribution in [0, 0.1) is 19.7 Å². The molecule has 1 saturated heterocycles. The number of rotatable bonds is 2. The molecule has 1 heterocycles. The number of nitrogens with one attached hydrogen (secondary N) is 1. The van der Waals surface area contributed by atoms with Gasteiger partial charge in [-0.05, 0) is 36.6 Å². The number of aryl methyl sites for hydroxylation is 1. The second kappa shape index (κ2) is 4.93. The van der Waals surface area contributed by atoms with E-state index in [0.29, 0.717) is 0 Å². The maximum atomic E-state index is 13.6. The summed E-state index contributed by atoms with van der Waals surface area (Å²) in [7, 11) is 0. The molecule has 88 valence electrons. The van der Waals surface area contributed by atoms with Gasteiger partial charge in [-0.1, -0.05) is 6.07 Å². The SMILES string of the molecule is Cc1cc(F)c(C)c(CN2CCNCC2)c1. The van der Waals surface area contributed by atoms with Crippen molar-refractivity contribution < 1.29 is 4.39 Å². The van der Waals surface area contributed by atoms with Gasteiger partial charge >= 0.3 is 0 Å². The highest BCUT2D eigenvalue weighted by Crippen LogP contribution is 2.17. The zero-order chi connectivity index (χ0) is 11.5. The van der Waals surface area contributed by atoms with Crippen molar-refractivity contribution in [2.45, 2.75) is 20.4 Å². The lowest BCUT2D eigenvalue weighted by molar-refractivity contribution is 0.232. The molecule has 0 aliphatic carbocycles. The van der Waals surface area contributed by atoms with Crippen molar-refractivity contribution in [3.05, 3.63) is 34.6 Å². The summed E-state index contributed by atoms with van der Waals surface area (Å²) in [5, 5.41) is 3.32. The van der Waals surface area contributed by atoms with E-state index >= 15 is 0 Å². The second-order valence-corrected chi connectivity index (χ2v) is 4.56. The summed E-state index contributed by atoms with van der Waals surface area (Å²) in [5.41, 5.74) is 2.93. The van der Waals surface area contributed by atoms with Gasteiger partial charge in [-0.2, -0.15) is 0 Å². The molecule has 1 aromatic rings. The second-order valence-electron chi connectivity index (χ2n) is 4.56. The highest BCUT2D eigenvalue weighted by atomic mass is 19.1. The summed E-state index contributed by atoms with van der Waals surface area (Å²) in [5.74, 6) is -0.0786. The zero-order valence-electron chi connectivity index (χ0n) is 10.0. The lowest BCUT2D eigenvalue weighted by Crippen LogP contribution is -2.43. The van der Waals surface area contributed by atoms with E-state index in [2.05, 4.69) is 16.3 Å². The van der Waals surface area contributed by atoms with Gasteiger partial charge in [-0.25, -0.2) is 4.39 Å². The fraction of sp³-hybridized carbons (Fsp3) is 0.538. The number of piperazine rings is 1. The summed E-state index contributed by atoms with van der Waals surface area (Å²) in [6.45, 7) is 8.85. The van der Waals surface area contributed by atoms with Gasteiger partial charge < -0.3 is 5.32 Å². The summed E-state index contributed by atoms with van der Waals surface area (Å²) < 4.78 is 13.6. The topological polar surface area (TPSA) is 15.3 Å². The Morgan fingerprint density at radius 2 is 1.94 bits per heavy atom.